The molecule has 1 rings (SSSR count). The molecule has 1 fully saturated rings. The van der Waals surface area contributed by atoms with Crippen LogP contribution in [0, 0.1) is 11.8 Å². The molecule has 5 atom stereocenters. The molecule has 1 heterocycles. The Morgan fingerprint density at radius 1 is 0.839 bits per heavy atom. The lowest BCUT2D eigenvalue weighted by Gasteiger charge is -2.39. The number of halogens is 1. The summed E-state index contributed by atoms with van der Waals surface area (Å²) in [5.41, 5.74) is 0. The van der Waals surface area contributed by atoms with Crippen LogP contribution in [0.3, 0.4) is 0 Å². The minimum absolute atomic E-state index is 0.0133. The van der Waals surface area contributed by atoms with Gasteiger partial charge in [-0.3, -0.25) is 0 Å². The molecule has 2 nitrogen and oxygen atoms in total. The molecule has 4 heteroatoms. The number of hydrogen-bond acceptors (Lipinski definition) is 2. The fraction of sp³-hybridized carbons (Fsp3) is 1.00. The van der Waals surface area contributed by atoms with Crippen molar-refractivity contribution >= 4 is 30.9 Å². The molecule has 5 unspecified atom stereocenters. The van der Waals surface area contributed by atoms with Gasteiger partial charge in [-0.05, 0) is 31.0 Å². The van der Waals surface area contributed by atoms with Crippen LogP contribution in [0.25, 0.3) is 0 Å². The van der Waals surface area contributed by atoms with E-state index in [-0.39, 0.29) is 11.3 Å². The van der Waals surface area contributed by atoms with Crippen LogP contribution in [0.1, 0.15) is 125 Å². The van der Waals surface area contributed by atoms with Crippen LogP contribution in [0.15, 0.2) is 0 Å². The maximum absolute atomic E-state index is 6.94. The van der Waals surface area contributed by atoms with Crippen molar-refractivity contribution in [2.24, 2.45) is 11.8 Å². The second-order valence-corrected chi connectivity index (χ2v) is 18.3. The summed E-state index contributed by atoms with van der Waals surface area (Å²) in [4.78, 5) is 0. The molecule has 31 heavy (non-hydrogen) atoms. The Balaban J connectivity index is 2.83. The van der Waals surface area contributed by atoms with Crippen LogP contribution in [0.4, 0.5) is 0 Å². The topological polar surface area (TPSA) is 18.5 Å². The maximum Gasteiger partial charge on any atom is 0.195 e. The monoisotopic (exact) mass is 566 g/mol. The van der Waals surface area contributed by atoms with Crippen LogP contribution in [-0.2, 0) is 9.16 Å². The number of unbranched alkanes of at least 4 members (excludes halogenated alkanes) is 9. The molecule has 0 radical (unpaired) electrons. The molecule has 0 aromatic heterocycles. The standard InChI is InChI=1S/C27H55IO2Si/c1-9-11-13-15-17-18-20-23-25(22(3)28)24(21-19-16-14-12-10-2)29-26(23)30-31(7,8)27(4,5)6/h22-26H,9-21H2,1-8H3. The molecule has 0 N–H and O–H groups in total. The molecule has 1 aliphatic rings. The lowest BCUT2D eigenvalue weighted by molar-refractivity contribution is -0.101. The van der Waals surface area contributed by atoms with E-state index in [1.54, 1.807) is 0 Å². The summed E-state index contributed by atoms with van der Waals surface area (Å²) in [7, 11) is -1.85. The van der Waals surface area contributed by atoms with Crippen molar-refractivity contribution in [3.63, 3.8) is 0 Å². The lowest BCUT2D eigenvalue weighted by Crippen LogP contribution is -2.45. The van der Waals surface area contributed by atoms with Gasteiger partial charge in [-0.15, -0.1) is 0 Å². The normalized spacial score (nSPS) is 25.8. The molecule has 0 amide bonds. The summed E-state index contributed by atoms with van der Waals surface area (Å²) in [6, 6.07) is 0. The number of ether oxygens (including phenoxy) is 1. The quantitative estimate of drug-likeness (QED) is 0.0801. The third-order valence-electron chi connectivity index (χ3n) is 7.81. The summed E-state index contributed by atoms with van der Waals surface area (Å²) in [5.74, 6) is 1.20. The summed E-state index contributed by atoms with van der Waals surface area (Å²) in [6.07, 6.45) is 17.8. The van der Waals surface area contributed by atoms with E-state index in [9.17, 15) is 0 Å². The maximum atomic E-state index is 6.94. The van der Waals surface area contributed by atoms with Gasteiger partial charge in [-0.2, -0.15) is 0 Å². The van der Waals surface area contributed by atoms with Gasteiger partial charge in [0.1, 0.15) is 0 Å². The highest BCUT2D eigenvalue weighted by Gasteiger charge is 2.49. The second-order valence-electron chi connectivity index (χ2n) is 11.6. The van der Waals surface area contributed by atoms with Crippen LogP contribution in [0.2, 0.25) is 18.1 Å². The van der Waals surface area contributed by atoms with Gasteiger partial charge >= 0.3 is 0 Å². The predicted octanol–water partition coefficient (Wildman–Crippen LogP) is 9.90. The van der Waals surface area contributed by atoms with Crippen molar-refractivity contribution in [1.29, 1.82) is 0 Å². The fourth-order valence-corrected chi connectivity index (χ4v) is 6.90. The third kappa shape index (κ3) is 10.3. The molecule has 0 aromatic rings. The van der Waals surface area contributed by atoms with Gasteiger partial charge in [0.2, 0.25) is 0 Å². The van der Waals surface area contributed by atoms with Crippen molar-refractivity contribution in [2.75, 3.05) is 0 Å². The first-order valence-electron chi connectivity index (χ1n) is 13.5. The molecule has 0 aromatic carbocycles. The van der Waals surface area contributed by atoms with Gasteiger partial charge in [0.25, 0.3) is 0 Å². The van der Waals surface area contributed by atoms with Gasteiger partial charge in [-0.25, -0.2) is 0 Å². The zero-order valence-corrected chi connectivity index (χ0v) is 25.4. The predicted molar refractivity (Wildman–Crippen MR) is 149 cm³/mol. The van der Waals surface area contributed by atoms with Crippen molar-refractivity contribution in [3.8, 4) is 0 Å². The highest BCUT2D eigenvalue weighted by atomic mass is 127. The van der Waals surface area contributed by atoms with E-state index in [1.165, 1.54) is 83.5 Å². The number of hydrogen-bond donors (Lipinski definition) is 0. The number of rotatable bonds is 16. The second kappa shape index (κ2) is 15.0. The van der Waals surface area contributed by atoms with Gasteiger partial charge in [0, 0.05) is 15.8 Å². The van der Waals surface area contributed by atoms with E-state index in [2.05, 4.69) is 77.2 Å². The van der Waals surface area contributed by atoms with Crippen LogP contribution in [-0.4, -0.2) is 24.6 Å². The van der Waals surface area contributed by atoms with E-state index >= 15 is 0 Å². The van der Waals surface area contributed by atoms with Crippen molar-refractivity contribution in [2.45, 2.75) is 159 Å². The smallest absolute Gasteiger partial charge is 0.195 e. The Hall–Kier alpha value is 0.867. The first-order valence-corrected chi connectivity index (χ1v) is 17.7. The molecule has 1 aliphatic heterocycles. The first-order chi connectivity index (χ1) is 14.5. The Bertz CT molecular complexity index is 461. The minimum atomic E-state index is -1.85. The van der Waals surface area contributed by atoms with E-state index in [0.29, 0.717) is 21.9 Å². The highest BCUT2D eigenvalue weighted by Crippen LogP contribution is 2.46. The van der Waals surface area contributed by atoms with Crippen LogP contribution >= 0.6 is 22.6 Å². The fourth-order valence-electron chi connectivity index (χ4n) is 4.74. The molecule has 0 aliphatic carbocycles. The molecule has 1 saturated heterocycles. The molecule has 0 bridgehead atoms. The Morgan fingerprint density at radius 2 is 1.32 bits per heavy atom. The number of alkyl halides is 1. The zero-order chi connectivity index (χ0) is 23.5. The first kappa shape index (κ1) is 29.9. The van der Waals surface area contributed by atoms with Crippen LogP contribution < -0.4 is 0 Å². The van der Waals surface area contributed by atoms with Gasteiger partial charge in [0.05, 0.1) is 6.10 Å². The van der Waals surface area contributed by atoms with Gasteiger partial charge in [-0.1, -0.05) is 135 Å². The minimum Gasteiger partial charge on any atom is -0.392 e. The summed E-state index contributed by atoms with van der Waals surface area (Å²) in [5, 5.41) is 0.227. The van der Waals surface area contributed by atoms with Crippen molar-refractivity contribution in [3.05, 3.63) is 0 Å². The lowest BCUT2D eigenvalue weighted by atomic mass is 9.82. The Labute approximate surface area is 210 Å². The zero-order valence-electron chi connectivity index (χ0n) is 22.3. The molecule has 0 saturated carbocycles. The highest BCUT2D eigenvalue weighted by molar-refractivity contribution is 14.1. The molecule has 0 spiro atoms. The van der Waals surface area contributed by atoms with Gasteiger partial charge in [0.15, 0.2) is 14.6 Å². The summed E-state index contributed by atoms with van der Waals surface area (Å²) >= 11 is 2.67. The SMILES string of the molecule is CCCCCCCCC1C(O[Si](C)(C)C(C)(C)C)OC(CCCCCCC)C1C(C)I. The summed E-state index contributed by atoms with van der Waals surface area (Å²) in [6.45, 7) is 18.8. The van der Waals surface area contributed by atoms with Crippen molar-refractivity contribution < 1.29 is 9.16 Å². The van der Waals surface area contributed by atoms with E-state index in [0.717, 1.165) is 0 Å². The largest absolute Gasteiger partial charge is 0.392 e. The molecular weight excluding hydrogens is 511 g/mol. The average molecular weight is 567 g/mol. The van der Waals surface area contributed by atoms with E-state index < -0.39 is 8.32 Å². The van der Waals surface area contributed by atoms with E-state index in [1.807, 2.05) is 0 Å². The van der Waals surface area contributed by atoms with Crippen molar-refractivity contribution in [1.82, 2.24) is 0 Å². The summed E-state index contributed by atoms with van der Waals surface area (Å²) < 4.78 is 14.4. The third-order valence-corrected chi connectivity index (χ3v) is 13.1. The molecular formula is C27H55IO2Si. The van der Waals surface area contributed by atoms with Gasteiger partial charge < -0.3 is 9.16 Å². The van der Waals surface area contributed by atoms with E-state index in [4.69, 9.17) is 9.16 Å². The molecule has 186 valence electrons. The Morgan fingerprint density at radius 3 is 1.81 bits per heavy atom. The Kier molecular flexibility index (Phi) is 14.5. The average Bonchev–Trinajstić information content (AvgIpc) is 3.00. The van der Waals surface area contributed by atoms with Crippen LogP contribution in [0.5, 0.6) is 0 Å².